The van der Waals surface area contributed by atoms with E-state index >= 15 is 0 Å². The van der Waals surface area contributed by atoms with Gasteiger partial charge in [0.25, 0.3) is 0 Å². The van der Waals surface area contributed by atoms with Gasteiger partial charge in [0.2, 0.25) is 0 Å². The van der Waals surface area contributed by atoms with Crippen LogP contribution in [0, 0.1) is 6.92 Å². The van der Waals surface area contributed by atoms with E-state index in [0.29, 0.717) is 11.5 Å². The Hall–Kier alpha value is -3.18. The van der Waals surface area contributed by atoms with Crippen LogP contribution in [0.4, 0.5) is 0 Å². The normalized spacial score (nSPS) is 17.1. The molecule has 1 aliphatic heterocycles. The molecule has 0 saturated heterocycles. The maximum atomic E-state index is 11.1. The molecule has 0 amide bonds. The lowest BCUT2D eigenvalue weighted by molar-refractivity contribution is 0.173. The van der Waals surface area contributed by atoms with Gasteiger partial charge in [0.1, 0.15) is 0 Å². The van der Waals surface area contributed by atoms with Crippen LogP contribution in [0.2, 0.25) is 0 Å². The van der Waals surface area contributed by atoms with Crippen LogP contribution in [-0.2, 0) is 19.4 Å². The number of hydrogen-bond donors (Lipinski definition) is 2. The van der Waals surface area contributed by atoms with Gasteiger partial charge in [-0.3, -0.25) is 4.90 Å². The van der Waals surface area contributed by atoms with Gasteiger partial charge < -0.3 is 19.7 Å². The van der Waals surface area contributed by atoms with Gasteiger partial charge in [-0.25, -0.2) is 0 Å². The van der Waals surface area contributed by atoms with Crippen molar-refractivity contribution in [1.29, 1.82) is 0 Å². The standard InChI is InChI=1S/C26H27NO4/c1-15-4-6-16(7-5-15)14-27-9-8-17-12-23(31-3)26(29)25-19-13-22(30-2)21(28)11-18(19)10-20(27)24(17)25/h4-7,11-13,20,28-29H,8-10,14H2,1-3H3. The lowest BCUT2D eigenvalue weighted by Crippen LogP contribution is -2.38. The smallest absolute Gasteiger partial charge is 0.166 e. The Morgan fingerprint density at radius 2 is 1.71 bits per heavy atom. The predicted octanol–water partition coefficient (Wildman–Crippen LogP) is 4.75. The third kappa shape index (κ3) is 3.20. The minimum absolute atomic E-state index is 0.119. The van der Waals surface area contributed by atoms with Crippen LogP contribution in [0.25, 0.3) is 11.1 Å². The van der Waals surface area contributed by atoms with Gasteiger partial charge in [0, 0.05) is 24.7 Å². The molecule has 5 nitrogen and oxygen atoms in total. The zero-order valence-electron chi connectivity index (χ0n) is 18.1. The van der Waals surface area contributed by atoms with E-state index in [1.165, 1.54) is 23.8 Å². The molecule has 0 aromatic heterocycles. The van der Waals surface area contributed by atoms with E-state index in [4.69, 9.17) is 9.47 Å². The number of methoxy groups -OCH3 is 2. The van der Waals surface area contributed by atoms with Crippen molar-refractivity contribution in [1.82, 2.24) is 4.90 Å². The molecule has 1 atom stereocenters. The Labute approximate surface area is 182 Å². The van der Waals surface area contributed by atoms with Gasteiger partial charge in [0.15, 0.2) is 23.0 Å². The Morgan fingerprint density at radius 1 is 0.968 bits per heavy atom. The molecule has 2 N–H and O–H groups in total. The number of nitrogens with zero attached hydrogens (tertiary/aromatic N) is 1. The van der Waals surface area contributed by atoms with Crippen molar-refractivity contribution in [3.05, 3.63) is 70.3 Å². The molecule has 0 saturated carbocycles. The first-order valence-electron chi connectivity index (χ1n) is 10.6. The van der Waals surface area contributed by atoms with E-state index in [1.54, 1.807) is 13.2 Å². The quantitative estimate of drug-likeness (QED) is 0.642. The summed E-state index contributed by atoms with van der Waals surface area (Å²) in [5, 5.41) is 21.5. The van der Waals surface area contributed by atoms with Gasteiger partial charge in [-0.2, -0.15) is 0 Å². The molecule has 5 rings (SSSR count). The highest BCUT2D eigenvalue weighted by Crippen LogP contribution is 2.53. The maximum Gasteiger partial charge on any atom is 0.166 e. The number of hydrogen-bond acceptors (Lipinski definition) is 5. The molecule has 2 aliphatic rings. The number of rotatable bonds is 4. The second kappa shape index (κ2) is 7.50. The molecule has 0 fully saturated rings. The maximum absolute atomic E-state index is 11.1. The van der Waals surface area contributed by atoms with Crippen molar-refractivity contribution in [3.63, 3.8) is 0 Å². The van der Waals surface area contributed by atoms with E-state index in [-0.39, 0.29) is 17.5 Å². The fraction of sp³-hybridized carbons (Fsp3) is 0.308. The molecule has 3 aromatic carbocycles. The van der Waals surface area contributed by atoms with Crippen molar-refractivity contribution in [2.45, 2.75) is 32.4 Å². The predicted molar refractivity (Wildman–Crippen MR) is 120 cm³/mol. The van der Waals surface area contributed by atoms with Crippen molar-refractivity contribution in [3.8, 4) is 34.1 Å². The SMILES string of the molecule is COc1cc2c(cc1O)CC1c3c(cc(OC)c(O)c3-2)CCN1Cc1ccc(C)cc1. The van der Waals surface area contributed by atoms with Crippen LogP contribution in [0.15, 0.2) is 42.5 Å². The van der Waals surface area contributed by atoms with Crippen LogP contribution in [0.5, 0.6) is 23.0 Å². The fourth-order valence-corrected chi connectivity index (χ4v) is 5.07. The van der Waals surface area contributed by atoms with Crippen LogP contribution in [0.1, 0.15) is 33.9 Å². The van der Waals surface area contributed by atoms with Gasteiger partial charge in [-0.05, 0) is 65.8 Å². The summed E-state index contributed by atoms with van der Waals surface area (Å²) in [7, 11) is 3.12. The van der Waals surface area contributed by atoms with Crippen LogP contribution in [0.3, 0.4) is 0 Å². The van der Waals surface area contributed by atoms with Crippen molar-refractivity contribution in [2.24, 2.45) is 0 Å². The lowest BCUT2D eigenvalue weighted by atomic mass is 9.76. The number of ether oxygens (including phenoxy) is 2. The molecule has 1 unspecified atom stereocenters. The van der Waals surface area contributed by atoms with Crippen LogP contribution >= 0.6 is 0 Å². The lowest BCUT2D eigenvalue weighted by Gasteiger charge is -2.42. The van der Waals surface area contributed by atoms with Gasteiger partial charge in [0.05, 0.1) is 14.2 Å². The third-order valence-corrected chi connectivity index (χ3v) is 6.65. The molecular formula is C26H27NO4. The Balaban J connectivity index is 1.66. The first kappa shape index (κ1) is 19.8. The van der Waals surface area contributed by atoms with E-state index in [1.807, 2.05) is 12.1 Å². The van der Waals surface area contributed by atoms with Crippen LogP contribution < -0.4 is 9.47 Å². The van der Waals surface area contributed by atoms with Crippen LogP contribution in [-0.4, -0.2) is 35.9 Å². The molecule has 31 heavy (non-hydrogen) atoms. The first-order chi connectivity index (χ1) is 15.0. The second-order valence-corrected chi connectivity index (χ2v) is 8.48. The Bertz CT molecular complexity index is 1150. The summed E-state index contributed by atoms with van der Waals surface area (Å²) >= 11 is 0. The topological polar surface area (TPSA) is 62.2 Å². The number of benzene rings is 3. The number of phenolic OH excluding ortho intramolecular Hbond substituents is 2. The molecule has 0 spiro atoms. The minimum atomic E-state index is 0.119. The second-order valence-electron chi connectivity index (χ2n) is 8.48. The summed E-state index contributed by atoms with van der Waals surface area (Å²) in [5.74, 6) is 1.16. The molecule has 0 radical (unpaired) electrons. The molecule has 0 bridgehead atoms. The highest BCUT2D eigenvalue weighted by Gasteiger charge is 2.37. The molecule has 5 heteroatoms. The highest BCUT2D eigenvalue weighted by molar-refractivity contribution is 5.84. The summed E-state index contributed by atoms with van der Waals surface area (Å²) in [6.45, 7) is 3.87. The van der Waals surface area contributed by atoms with Crippen molar-refractivity contribution >= 4 is 0 Å². The Morgan fingerprint density at radius 3 is 2.42 bits per heavy atom. The number of aromatic hydroxyl groups is 2. The first-order valence-corrected chi connectivity index (χ1v) is 10.6. The zero-order chi connectivity index (χ0) is 21.7. The van der Waals surface area contributed by atoms with Crippen molar-refractivity contribution < 1.29 is 19.7 Å². The largest absolute Gasteiger partial charge is 0.504 e. The number of phenols is 2. The monoisotopic (exact) mass is 417 g/mol. The molecular weight excluding hydrogens is 390 g/mol. The van der Waals surface area contributed by atoms with Gasteiger partial charge in [-0.15, -0.1) is 0 Å². The molecule has 3 aromatic rings. The molecule has 160 valence electrons. The van der Waals surface area contributed by atoms with Gasteiger partial charge >= 0.3 is 0 Å². The average Bonchev–Trinajstić information content (AvgIpc) is 2.77. The number of fused-ring (bicyclic) bond motifs is 2. The van der Waals surface area contributed by atoms with E-state index < -0.39 is 0 Å². The van der Waals surface area contributed by atoms with E-state index in [9.17, 15) is 10.2 Å². The zero-order valence-corrected chi connectivity index (χ0v) is 18.1. The third-order valence-electron chi connectivity index (χ3n) is 6.65. The van der Waals surface area contributed by atoms with E-state index in [2.05, 4.69) is 36.1 Å². The molecule has 1 aliphatic carbocycles. The summed E-state index contributed by atoms with van der Waals surface area (Å²) in [6, 6.07) is 14.4. The summed E-state index contributed by atoms with van der Waals surface area (Å²) in [6.07, 6.45) is 1.66. The average molecular weight is 418 g/mol. The van der Waals surface area contributed by atoms with Gasteiger partial charge in [-0.1, -0.05) is 29.8 Å². The summed E-state index contributed by atoms with van der Waals surface area (Å²) in [5.41, 5.74) is 7.61. The molecule has 1 heterocycles. The summed E-state index contributed by atoms with van der Waals surface area (Å²) < 4.78 is 10.9. The van der Waals surface area contributed by atoms with E-state index in [0.717, 1.165) is 48.2 Å². The highest BCUT2D eigenvalue weighted by atomic mass is 16.5. The fourth-order valence-electron chi connectivity index (χ4n) is 5.07. The Kier molecular flexibility index (Phi) is 4.78. The van der Waals surface area contributed by atoms with Crippen molar-refractivity contribution in [2.75, 3.05) is 20.8 Å². The number of aryl methyl sites for hydroxylation is 1. The summed E-state index contributed by atoms with van der Waals surface area (Å²) in [4.78, 5) is 2.48. The minimum Gasteiger partial charge on any atom is -0.504 e.